The van der Waals surface area contributed by atoms with Crippen molar-refractivity contribution >= 4 is 17.7 Å². The Kier molecular flexibility index (Phi) is 4.03. The largest absolute Gasteiger partial charge is 0.344 e. The molecule has 1 unspecified atom stereocenters. The summed E-state index contributed by atoms with van der Waals surface area (Å²) in [7, 11) is 0. The third kappa shape index (κ3) is 3.07. The molecule has 0 aliphatic carbocycles. The number of rotatable bonds is 3. The fourth-order valence-corrected chi connectivity index (χ4v) is 1.35. The summed E-state index contributed by atoms with van der Waals surface area (Å²) in [5, 5.41) is 4.66. The van der Waals surface area contributed by atoms with Crippen molar-refractivity contribution in [2.75, 3.05) is 19.6 Å². The van der Waals surface area contributed by atoms with Gasteiger partial charge in [0.15, 0.2) is 0 Å². The fraction of sp³-hybridized carbons (Fsp3) is 0.500. The van der Waals surface area contributed by atoms with Gasteiger partial charge < -0.3 is 5.32 Å². The van der Waals surface area contributed by atoms with Gasteiger partial charge in [0.1, 0.15) is 0 Å². The molecule has 1 saturated heterocycles. The molecule has 1 fully saturated rings. The van der Waals surface area contributed by atoms with Crippen LogP contribution in [-0.4, -0.2) is 48.3 Å². The first-order valence-corrected chi connectivity index (χ1v) is 4.82. The average molecular weight is 223 g/mol. The SMILES string of the molecule is C#CCNC(=O)CN1CC(=O)NC(=O)C1C. The predicted molar refractivity (Wildman–Crippen MR) is 56.0 cm³/mol. The maximum Gasteiger partial charge on any atom is 0.243 e. The van der Waals surface area contributed by atoms with Crippen LogP contribution in [0.15, 0.2) is 0 Å². The molecule has 6 nitrogen and oxygen atoms in total. The third-order valence-electron chi connectivity index (χ3n) is 2.27. The molecule has 0 bridgehead atoms. The van der Waals surface area contributed by atoms with Crippen molar-refractivity contribution < 1.29 is 14.4 Å². The molecule has 16 heavy (non-hydrogen) atoms. The number of carbonyl (C=O) groups is 3. The quantitative estimate of drug-likeness (QED) is 0.432. The van der Waals surface area contributed by atoms with Gasteiger partial charge in [-0.15, -0.1) is 6.42 Å². The maximum absolute atomic E-state index is 11.3. The highest BCUT2D eigenvalue weighted by Crippen LogP contribution is 2.03. The highest BCUT2D eigenvalue weighted by atomic mass is 16.2. The summed E-state index contributed by atoms with van der Waals surface area (Å²) in [4.78, 5) is 35.2. The van der Waals surface area contributed by atoms with Crippen molar-refractivity contribution in [1.29, 1.82) is 0 Å². The molecule has 6 heteroatoms. The second-order valence-corrected chi connectivity index (χ2v) is 3.47. The number of carbonyl (C=O) groups excluding carboxylic acids is 3. The van der Waals surface area contributed by atoms with E-state index in [1.54, 1.807) is 6.92 Å². The summed E-state index contributed by atoms with van der Waals surface area (Å²) in [6, 6.07) is -0.491. The number of nitrogens with one attached hydrogen (secondary N) is 2. The van der Waals surface area contributed by atoms with Crippen LogP contribution in [0.2, 0.25) is 0 Å². The van der Waals surface area contributed by atoms with Crippen molar-refractivity contribution in [2.24, 2.45) is 0 Å². The van der Waals surface area contributed by atoms with Gasteiger partial charge in [0, 0.05) is 0 Å². The number of hydrogen-bond donors (Lipinski definition) is 2. The minimum Gasteiger partial charge on any atom is -0.344 e. The molecule has 0 aromatic carbocycles. The Bertz CT molecular complexity index is 359. The zero-order valence-corrected chi connectivity index (χ0v) is 8.95. The second-order valence-electron chi connectivity index (χ2n) is 3.47. The van der Waals surface area contributed by atoms with E-state index in [1.165, 1.54) is 4.90 Å². The molecule has 0 saturated carbocycles. The summed E-state index contributed by atoms with van der Waals surface area (Å²) < 4.78 is 0. The molecule has 3 amide bonds. The van der Waals surface area contributed by atoms with Crippen LogP contribution >= 0.6 is 0 Å². The van der Waals surface area contributed by atoms with Crippen LogP contribution < -0.4 is 10.6 Å². The zero-order chi connectivity index (χ0) is 12.1. The van der Waals surface area contributed by atoms with E-state index in [0.717, 1.165) is 0 Å². The zero-order valence-electron chi connectivity index (χ0n) is 8.95. The van der Waals surface area contributed by atoms with E-state index in [-0.39, 0.29) is 31.4 Å². The van der Waals surface area contributed by atoms with Crippen LogP contribution in [0.4, 0.5) is 0 Å². The van der Waals surface area contributed by atoms with Crippen molar-refractivity contribution in [3.8, 4) is 12.3 Å². The molecular formula is C10H13N3O3. The molecule has 0 radical (unpaired) electrons. The molecule has 1 aliphatic heterocycles. The molecule has 1 heterocycles. The van der Waals surface area contributed by atoms with Crippen LogP contribution in [0, 0.1) is 12.3 Å². The van der Waals surface area contributed by atoms with Gasteiger partial charge in [-0.3, -0.25) is 24.6 Å². The molecular weight excluding hydrogens is 210 g/mol. The normalized spacial score (nSPS) is 21.1. The first-order chi connectivity index (χ1) is 7.54. The average Bonchev–Trinajstić information content (AvgIpc) is 2.22. The van der Waals surface area contributed by atoms with Crippen LogP contribution in [-0.2, 0) is 14.4 Å². The van der Waals surface area contributed by atoms with Gasteiger partial charge in [0.25, 0.3) is 0 Å². The summed E-state index contributed by atoms with van der Waals surface area (Å²) >= 11 is 0. The summed E-state index contributed by atoms with van der Waals surface area (Å²) in [6.07, 6.45) is 4.98. The van der Waals surface area contributed by atoms with Crippen LogP contribution in [0.5, 0.6) is 0 Å². The Labute approximate surface area is 93.4 Å². The monoisotopic (exact) mass is 223 g/mol. The van der Waals surface area contributed by atoms with Gasteiger partial charge in [0.05, 0.1) is 25.7 Å². The number of imide groups is 1. The lowest BCUT2D eigenvalue weighted by atomic mass is 10.2. The van der Waals surface area contributed by atoms with E-state index in [1.807, 2.05) is 0 Å². The lowest BCUT2D eigenvalue weighted by molar-refractivity contribution is -0.140. The van der Waals surface area contributed by atoms with Crippen LogP contribution in [0.3, 0.4) is 0 Å². The van der Waals surface area contributed by atoms with E-state index in [2.05, 4.69) is 16.6 Å². The molecule has 0 spiro atoms. The van der Waals surface area contributed by atoms with Gasteiger partial charge in [-0.25, -0.2) is 0 Å². The Morgan fingerprint density at radius 2 is 2.38 bits per heavy atom. The molecule has 2 N–H and O–H groups in total. The van der Waals surface area contributed by atoms with Crippen LogP contribution in [0.25, 0.3) is 0 Å². The number of amides is 3. The van der Waals surface area contributed by atoms with Crippen molar-refractivity contribution in [3.05, 3.63) is 0 Å². The minimum absolute atomic E-state index is 0.0119. The minimum atomic E-state index is -0.491. The second kappa shape index (κ2) is 5.28. The van der Waals surface area contributed by atoms with Crippen molar-refractivity contribution in [2.45, 2.75) is 13.0 Å². The summed E-state index contributed by atoms with van der Waals surface area (Å²) in [5.41, 5.74) is 0. The van der Waals surface area contributed by atoms with E-state index in [9.17, 15) is 14.4 Å². The molecule has 1 rings (SSSR count). The van der Waals surface area contributed by atoms with Crippen LogP contribution in [0.1, 0.15) is 6.92 Å². The Balaban J connectivity index is 2.52. The summed E-state index contributed by atoms with van der Waals surface area (Å²) in [6.45, 7) is 1.80. The van der Waals surface area contributed by atoms with Crippen molar-refractivity contribution in [1.82, 2.24) is 15.5 Å². The number of nitrogens with zero attached hydrogens (tertiary/aromatic N) is 1. The lowest BCUT2D eigenvalue weighted by Crippen LogP contribution is -2.58. The van der Waals surface area contributed by atoms with Gasteiger partial charge in [-0.1, -0.05) is 5.92 Å². The Morgan fingerprint density at radius 3 is 3.00 bits per heavy atom. The third-order valence-corrected chi connectivity index (χ3v) is 2.27. The molecule has 0 aromatic rings. The summed E-state index contributed by atoms with van der Waals surface area (Å²) in [5.74, 6) is 1.19. The van der Waals surface area contributed by atoms with E-state index < -0.39 is 11.9 Å². The highest BCUT2D eigenvalue weighted by Gasteiger charge is 2.31. The molecule has 1 aliphatic rings. The standard InChI is InChI=1S/C10H13N3O3/c1-3-4-11-8(14)5-13-6-9(15)12-10(16)7(13)2/h1,7H,4-6H2,2H3,(H,11,14)(H,12,15,16). The molecule has 86 valence electrons. The number of hydrogen-bond acceptors (Lipinski definition) is 4. The Hall–Kier alpha value is -1.87. The van der Waals surface area contributed by atoms with E-state index >= 15 is 0 Å². The van der Waals surface area contributed by atoms with Gasteiger partial charge in [0.2, 0.25) is 17.7 Å². The topological polar surface area (TPSA) is 78.5 Å². The van der Waals surface area contributed by atoms with E-state index in [0.29, 0.717) is 0 Å². The fourth-order valence-electron chi connectivity index (χ4n) is 1.35. The lowest BCUT2D eigenvalue weighted by Gasteiger charge is -2.30. The molecule has 1 atom stereocenters. The number of terminal acetylenes is 1. The predicted octanol–water partition coefficient (Wildman–Crippen LogP) is -1.92. The van der Waals surface area contributed by atoms with Gasteiger partial charge in [-0.2, -0.15) is 0 Å². The van der Waals surface area contributed by atoms with Gasteiger partial charge in [-0.05, 0) is 6.92 Å². The highest BCUT2D eigenvalue weighted by molar-refractivity contribution is 6.01. The number of piperazine rings is 1. The smallest absolute Gasteiger partial charge is 0.243 e. The van der Waals surface area contributed by atoms with E-state index in [4.69, 9.17) is 6.42 Å². The maximum atomic E-state index is 11.3. The molecule has 0 aromatic heterocycles. The first kappa shape index (κ1) is 12.2. The van der Waals surface area contributed by atoms with Crippen molar-refractivity contribution in [3.63, 3.8) is 0 Å². The Morgan fingerprint density at radius 1 is 1.69 bits per heavy atom. The van der Waals surface area contributed by atoms with Gasteiger partial charge >= 0.3 is 0 Å². The first-order valence-electron chi connectivity index (χ1n) is 4.82.